The maximum atomic E-state index is 11.7. The second-order valence-electron chi connectivity index (χ2n) is 4.53. The summed E-state index contributed by atoms with van der Waals surface area (Å²) in [6.45, 7) is 4.15. The molecule has 0 aliphatic heterocycles. The van der Waals surface area contributed by atoms with E-state index in [1.54, 1.807) is 13.2 Å². The molecule has 0 spiro atoms. The first-order valence-corrected chi connectivity index (χ1v) is 6.05. The monoisotopic (exact) mass is 251 g/mol. The van der Waals surface area contributed by atoms with E-state index in [1.165, 1.54) is 7.11 Å². The predicted octanol–water partition coefficient (Wildman–Crippen LogP) is 2.12. The molecule has 5 heteroatoms. The van der Waals surface area contributed by atoms with E-state index >= 15 is 0 Å². The molecule has 0 radical (unpaired) electrons. The minimum Gasteiger partial charge on any atom is -0.467 e. The van der Waals surface area contributed by atoms with Crippen molar-refractivity contribution in [2.75, 3.05) is 24.8 Å². The van der Waals surface area contributed by atoms with Crippen LogP contribution in [0.1, 0.15) is 20.3 Å². The van der Waals surface area contributed by atoms with E-state index in [0.717, 1.165) is 17.9 Å². The largest absolute Gasteiger partial charge is 0.467 e. The Morgan fingerprint density at radius 2 is 2.22 bits per heavy atom. The molecule has 0 amide bonds. The van der Waals surface area contributed by atoms with Gasteiger partial charge in [0.2, 0.25) is 0 Å². The van der Waals surface area contributed by atoms with Crippen LogP contribution in [0.25, 0.3) is 0 Å². The topological polar surface area (TPSA) is 63.2 Å². The van der Waals surface area contributed by atoms with Crippen LogP contribution in [-0.2, 0) is 9.53 Å². The lowest BCUT2D eigenvalue weighted by molar-refractivity contribution is -0.141. The first-order chi connectivity index (χ1) is 8.56. The van der Waals surface area contributed by atoms with Crippen LogP contribution in [-0.4, -0.2) is 31.2 Å². The number of methoxy groups -OCH3 is 1. The van der Waals surface area contributed by atoms with E-state index in [2.05, 4.69) is 29.5 Å². The molecule has 18 heavy (non-hydrogen) atoms. The fourth-order valence-electron chi connectivity index (χ4n) is 1.69. The number of nitrogens with one attached hydrogen (secondary N) is 2. The predicted molar refractivity (Wildman–Crippen MR) is 72.7 cm³/mol. The highest BCUT2D eigenvalue weighted by molar-refractivity contribution is 5.79. The Labute approximate surface area is 108 Å². The summed E-state index contributed by atoms with van der Waals surface area (Å²) < 4.78 is 4.81. The molecule has 1 aromatic rings. The number of carbonyl (C=O) groups is 1. The van der Waals surface area contributed by atoms with Crippen LogP contribution in [0.15, 0.2) is 18.3 Å². The minimum absolute atomic E-state index is 0.244. The van der Waals surface area contributed by atoms with Gasteiger partial charge in [0.1, 0.15) is 11.9 Å². The fraction of sp³-hybridized carbons (Fsp3) is 0.538. The summed E-state index contributed by atoms with van der Waals surface area (Å²) >= 11 is 0. The van der Waals surface area contributed by atoms with Crippen molar-refractivity contribution in [3.63, 3.8) is 0 Å². The number of hydrogen-bond donors (Lipinski definition) is 2. The van der Waals surface area contributed by atoms with E-state index in [1.807, 2.05) is 12.1 Å². The number of nitrogens with zero attached hydrogens (tertiary/aromatic N) is 1. The molecule has 0 saturated carbocycles. The van der Waals surface area contributed by atoms with Crippen LogP contribution in [0, 0.1) is 5.92 Å². The van der Waals surface area contributed by atoms with Gasteiger partial charge in [0, 0.05) is 25.0 Å². The number of esters is 1. The number of anilines is 2. The summed E-state index contributed by atoms with van der Waals surface area (Å²) in [5, 5.41) is 6.14. The van der Waals surface area contributed by atoms with Crippen molar-refractivity contribution in [1.29, 1.82) is 0 Å². The lowest BCUT2D eigenvalue weighted by Gasteiger charge is -2.19. The van der Waals surface area contributed by atoms with Gasteiger partial charge in [-0.05, 0) is 18.4 Å². The molecule has 100 valence electrons. The van der Waals surface area contributed by atoms with Crippen LogP contribution < -0.4 is 10.6 Å². The molecule has 0 bridgehead atoms. The van der Waals surface area contributed by atoms with Crippen LogP contribution in [0.5, 0.6) is 0 Å². The van der Waals surface area contributed by atoms with Crippen molar-refractivity contribution in [2.24, 2.45) is 5.92 Å². The highest BCUT2D eigenvalue weighted by Gasteiger charge is 2.20. The van der Waals surface area contributed by atoms with Gasteiger partial charge in [0.25, 0.3) is 0 Å². The average Bonchev–Trinajstić information content (AvgIpc) is 2.36. The lowest BCUT2D eigenvalue weighted by Crippen LogP contribution is -2.32. The first-order valence-electron chi connectivity index (χ1n) is 6.05. The molecule has 0 aliphatic carbocycles. The van der Waals surface area contributed by atoms with E-state index in [9.17, 15) is 4.79 Å². The van der Waals surface area contributed by atoms with Crippen LogP contribution in [0.2, 0.25) is 0 Å². The molecule has 0 fully saturated rings. The van der Waals surface area contributed by atoms with Gasteiger partial charge in [0.15, 0.2) is 0 Å². The van der Waals surface area contributed by atoms with Crippen molar-refractivity contribution in [1.82, 2.24) is 4.98 Å². The number of rotatable bonds is 6. The zero-order valence-electron chi connectivity index (χ0n) is 11.4. The number of carbonyl (C=O) groups excluding carboxylic acids is 1. The Hall–Kier alpha value is -1.78. The summed E-state index contributed by atoms with van der Waals surface area (Å²) in [5.41, 5.74) is 0.852. The Morgan fingerprint density at radius 1 is 1.50 bits per heavy atom. The summed E-state index contributed by atoms with van der Waals surface area (Å²) in [6, 6.07) is 3.36. The Kier molecular flexibility index (Phi) is 5.42. The molecule has 0 aromatic carbocycles. The van der Waals surface area contributed by atoms with Crippen molar-refractivity contribution in [3.8, 4) is 0 Å². The normalized spacial score (nSPS) is 12.1. The zero-order valence-corrected chi connectivity index (χ0v) is 11.4. The summed E-state index contributed by atoms with van der Waals surface area (Å²) in [5.74, 6) is 0.923. The molecular formula is C13H21N3O2. The third kappa shape index (κ3) is 4.24. The van der Waals surface area contributed by atoms with Gasteiger partial charge in [-0.2, -0.15) is 0 Å². The smallest absolute Gasteiger partial charge is 0.328 e. The van der Waals surface area contributed by atoms with Gasteiger partial charge in [-0.1, -0.05) is 13.8 Å². The quantitative estimate of drug-likeness (QED) is 0.758. The third-order valence-corrected chi connectivity index (χ3v) is 2.55. The van der Waals surface area contributed by atoms with Crippen LogP contribution in [0.3, 0.4) is 0 Å². The molecule has 2 N–H and O–H groups in total. The van der Waals surface area contributed by atoms with Crippen molar-refractivity contribution in [2.45, 2.75) is 26.3 Å². The van der Waals surface area contributed by atoms with E-state index in [4.69, 9.17) is 4.74 Å². The van der Waals surface area contributed by atoms with Crippen LogP contribution in [0.4, 0.5) is 11.5 Å². The number of aromatic nitrogens is 1. The zero-order chi connectivity index (χ0) is 13.5. The molecule has 0 saturated heterocycles. The van der Waals surface area contributed by atoms with Gasteiger partial charge in [0.05, 0.1) is 7.11 Å². The first kappa shape index (κ1) is 14.3. The number of pyridine rings is 1. The van der Waals surface area contributed by atoms with Crippen molar-refractivity contribution in [3.05, 3.63) is 18.3 Å². The lowest BCUT2D eigenvalue weighted by atomic mass is 10.0. The molecule has 0 aliphatic rings. The summed E-state index contributed by atoms with van der Waals surface area (Å²) in [7, 11) is 3.21. The van der Waals surface area contributed by atoms with E-state index < -0.39 is 0 Å². The van der Waals surface area contributed by atoms with Gasteiger partial charge >= 0.3 is 5.97 Å². The highest BCUT2D eigenvalue weighted by atomic mass is 16.5. The molecule has 1 rings (SSSR count). The number of ether oxygens (including phenoxy) is 1. The van der Waals surface area contributed by atoms with Gasteiger partial charge in [-0.15, -0.1) is 0 Å². The second kappa shape index (κ2) is 6.83. The van der Waals surface area contributed by atoms with Crippen LogP contribution >= 0.6 is 0 Å². The maximum Gasteiger partial charge on any atom is 0.328 e. The highest BCUT2D eigenvalue weighted by Crippen LogP contribution is 2.16. The minimum atomic E-state index is -0.331. The SMILES string of the molecule is CNc1cc(NC(CC(C)C)C(=O)OC)ccn1. The summed E-state index contributed by atoms with van der Waals surface area (Å²) in [6.07, 6.45) is 2.42. The Bertz CT molecular complexity index is 394. The molecule has 5 nitrogen and oxygen atoms in total. The average molecular weight is 251 g/mol. The molecular weight excluding hydrogens is 230 g/mol. The third-order valence-electron chi connectivity index (χ3n) is 2.55. The fourth-order valence-corrected chi connectivity index (χ4v) is 1.69. The Balaban J connectivity index is 2.78. The van der Waals surface area contributed by atoms with E-state index in [-0.39, 0.29) is 12.0 Å². The maximum absolute atomic E-state index is 11.7. The molecule has 1 atom stereocenters. The summed E-state index contributed by atoms with van der Waals surface area (Å²) in [4.78, 5) is 15.8. The Morgan fingerprint density at radius 3 is 2.78 bits per heavy atom. The standard InChI is InChI=1S/C13H21N3O2/c1-9(2)7-11(13(17)18-4)16-10-5-6-15-12(8-10)14-3/h5-6,8-9,11H,7H2,1-4H3,(H2,14,15,16). The second-order valence-corrected chi connectivity index (χ2v) is 4.53. The van der Waals surface area contributed by atoms with Crippen molar-refractivity contribution >= 4 is 17.5 Å². The van der Waals surface area contributed by atoms with E-state index in [0.29, 0.717) is 5.92 Å². The molecule has 1 aromatic heterocycles. The molecule has 1 heterocycles. The van der Waals surface area contributed by atoms with Gasteiger partial charge < -0.3 is 15.4 Å². The number of hydrogen-bond acceptors (Lipinski definition) is 5. The van der Waals surface area contributed by atoms with Gasteiger partial charge in [-0.25, -0.2) is 9.78 Å². The van der Waals surface area contributed by atoms with Gasteiger partial charge in [-0.3, -0.25) is 0 Å². The molecule has 1 unspecified atom stereocenters. The van der Waals surface area contributed by atoms with Crippen molar-refractivity contribution < 1.29 is 9.53 Å².